The van der Waals surface area contributed by atoms with Gasteiger partial charge in [0.25, 0.3) is 5.91 Å². The molecule has 0 aromatic carbocycles. The third-order valence-corrected chi connectivity index (χ3v) is 3.06. The molecule has 0 bridgehead atoms. The maximum atomic E-state index is 12.0. The number of nitrogens with zero attached hydrogens (tertiary/aromatic N) is 1. The molecule has 1 aromatic rings. The topological polar surface area (TPSA) is 54.0 Å². The number of nitrogens with one attached hydrogen (secondary N) is 2. The summed E-state index contributed by atoms with van der Waals surface area (Å²) in [4.78, 5) is 16.0. The average molecular weight is 253 g/mol. The summed E-state index contributed by atoms with van der Waals surface area (Å²) in [5.74, 6) is 0.832. The first kappa shape index (κ1) is 13.8. The summed E-state index contributed by atoms with van der Waals surface area (Å²) in [6.07, 6.45) is 5.30. The van der Waals surface area contributed by atoms with Gasteiger partial charge in [-0.3, -0.25) is 9.78 Å². The lowest BCUT2D eigenvalue weighted by Crippen LogP contribution is -2.34. The van der Waals surface area contributed by atoms with Gasteiger partial charge in [-0.15, -0.1) is 0 Å². The number of rotatable bonds is 6. The van der Waals surface area contributed by atoms with Crippen LogP contribution in [0, 0.1) is 0 Å². The average Bonchev–Trinajstić information content (AvgIpc) is 2.30. The summed E-state index contributed by atoms with van der Waals surface area (Å²) in [5, 5.41) is 6.11. The van der Waals surface area contributed by atoms with Crippen LogP contribution in [0.15, 0.2) is 18.5 Å². The maximum Gasteiger partial charge on any atom is 0.255 e. The van der Waals surface area contributed by atoms with E-state index in [4.69, 9.17) is 0 Å². The number of thioether (sulfide) groups is 1. The van der Waals surface area contributed by atoms with E-state index in [2.05, 4.69) is 15.6 Å². The highest BCUT2D eigenvalue weighted by molar-refractivity contribution is 7.98. The van der Waals surface area contributed by atoms with Crippen LogP contribution in [0.4, 0.5) is 5.69 Å². The molecule has 1 aromatic heterocycles. The first-order valence-electron chi connectivity index (χ1n) is 5.66. The van der Waals surface area contributed by atoms with E-state index in [9.17, 15) is 4.79 Å². The van der Waals surface area contributed by atoms with Crippen LogP contribution in [0.2, 0.25) is 0 Å². The molecule has 0 aliphatic rings. The van der Waals surface area contributed by atoms with E-state index in [1.807, 2.05) is 26.2 Å². The van der Waals surface area contributed by atoms with Gasteiger partial charge in [0.15, 0.2) is 0 Å². The van der Waals surface area contributed by atoms with Crippen LogP contribution in [-0.4, -0.2) is 35.5 Å². The third-order valence-electron chi connectivity index (χ3n) is 2.23. The molecule has 94 valence electrons. The molecular formula is C12H19N3OS. The van der Waals surface area contributed by atoms with Crippen LogP contribution in [0.5, 0.6) is 0 Å². The Morgan fingerprint density at radius 2 is 2.35 bits per heavy atom. The molecule has 0 spiro atoms. The van der Waals surface area contributed by atoms with Crippen molar-refractivity contribution in [2.24, 2.45) is 0 Å². The fourth-order valence-electron chi connectivity index (χ4n) is 1.51. The Morgan fingerprint density at radius 1 is 1.59 bits per heavy atom. The molecule has 5 heteroatoms. The number of carbonyl (C=O) groups excluding carboxylic acids is 1. The lowest BCUT2D eigenvalue weighted by atomic mass is 10.2. The van der Waals surface area contributed by atoms with E-state index in [1.54, 1.807) is 24.2 Å². The molecule has 0 aliphatic heterocycles. The van der Waals surface area contributed by atoms with E-state index >= 15 is 0 Å². The minimum Gasteiger partial charge on any atom is -0.385 e. The van der Waals surface area contributed by atoms with Gasteiger partial charge in [0, 0.05) is 30.7 Å². The smallest absolute Gasteiger partial charge is 0.255 e. The monoisotopic (exact) mass is 253 g/mol. The Bertz CT molecular complexity index is 371. The third kappa shape index (κ3) is 4.26. The summed E-state index contributed by atoms with van der Waals surface area (Å²) >= 11 is 1.72. The summed E-state index contributed by atoms with van der Waals surface area (Å²) in [6.45, 7) is 4.78. The highest BCUT2D eigenvalue weighted by Crippen LogP contribution is 2.13. The van der Waals surface area contributed by atoms with Gasteiger partial charge < -0.3 is 10.6 Å². The molecule has 0 saturated carbocycles. The molecule has 2 N–H and O–H groups in total. The van der Waals surface area contributed by atoms with Crippen molar-refractivity contribution in [2.75, 3.05) is 23.9 Å². The first-order chi connectivity index (χ1) is 8.19. The van der Waals surface area contributed by atoms with Gasteiger partial charge in [-0.25, -0.2) is 0 Å². The Labute approximate surface area is 107 Å². The number of amides is 1. The van der Waals surface area contributed by atoms with Gasteiger partial charge in [-0.1, -0.05) is 0 Å². The normalized spacial score (nSPS) is 11.9. The Balaban J connectivity index is 2.74. The Hall–Kier alpha value is -1.23. The van der Waals surface area contributed by atoms with Crippen LogP contribution >= 0.6 is 11.8 Å². The molecule has 1 amide bonds. The molecule has 1 heterocycles. The summed E-state index contributed by atoms with van der Waals surface area (Å²) in [6, 6.07) is 1.98. The van der Waals surface area contributed by atoms with Crippen molar-refractivity contribution in [3.05, 3.63) is 24.0 Å². The second kappa shape index (κ2) is 7.17. The van der Waals surface area contributed by atoms with Crippen LogP contribution < -0.4 is 10.6 Å². The highest BCUT2D eigenvalue weighted by atomic mass is 32.2. The second-order valence-electron chi connectivity index (χ2n) is 3.78. The van der Waals surface area contributed by atoms with E-state index in [0.717, 1.165) is 18.0 Å². The minimum atomic E-state index is -0.0735. The van der Waals surface area contributed by atoms with Crippen molar-refractivity contribution in [1.29, 1.82) is 0 Å². The zero-order valence-corrected chi connectivity index (χ0v) is 11.3. The molecule has 1 rings (SSSR count). The second-order valence-corrected chi connectivity index (χ2v) is 4.69. The predicted molar refractivity (Wildman–Crippen MR) is 73.7 cm³/mol. The number of carbonyl (C=O) groups is 1. The van der Waals surface area contributed by atoms with Gasteiger partial charge in [-0.2, -0.15) is 11.8 Å². The van der Waals surface area contributed by atoms with E-state index in [-0.39, 0.29) is 11.9 Å². The van der Waals surface area contributed by atoms with Crippen LogP contribution in [-0.2, 0) is 0 Å². The number of pyridine rings is 1. The lowest BCUT2D eigenvalue weighted by molar-refractivity contribution is 0.0944. The molecule has 1 unspecified atom stereocenters. The van der Waals surface area contributed by atoms with Crippen molar-refractivity contribution in [2.45, 2.75) is 19.9 Å². The molecule has 17 heavy (non-hydrogen) atoms. The van der Waals surface area contributed by atoms with Crippen LogP contribution in [0.3, 0.4) is 0 Å². The van der Waals surface area contributed by atoms with Gasteiger partial charge in [0.2, 0.25) is 0 Å². The Kier molecular flexibility index (Phi) is 5.83. The van der Waals surface area contributed by atoms with Crippen LogP contribution in [0.25, 0.3) is 0 Å². The van der Waals surface area contributed by atoms with Crippen molar-refractivity contribution < 1.29 is 4.79 Å². The predicted octanol–water partition coefficient (Wildman–Crippen LogP) is 1.99. The molecule has 0 radical (unpaired) electrons. The number of hydrogen-bond acceptors (Lipinski definition) is 4. The summed E-state index contributed by atoms with van der Waals surface area (Å²) in [5.41, 5.74) is 1.43. The maximum absolute atomic E-state index is 12.0. The van der Waals surface area contributed by atoms with Gasteiger partial charge >= 0.3 is 0 Å². The highest BCUT2D eigenvalue weighted by Gasteiger charge is 2.13. The zero-order valence-electron chi connectivity index (χ0n) is 10.5. The van der Waals surface area contributed by atoms with Crippen molar-refractivity contribution in [3.63, 3.8) is 0 Å². The fourth-order valence-corrected chi connectivity index (χ4v) is 2.10. The molecular weight excluding hydrogens is 234 g/mol. The Morgan fingerprint density at radius 3 is 3.00 bits per heavy atom. The standard InChI is InChI=1S/C12H19N3OS/c1-4-14-11-5-6-13-7-10(11)12(16)15-9(2)8-17-3/h5-7,9H,4,8H2,1-3H3,(H,13,14)(H,15,16). The van der Waals surface area contributed by atoms with Crippen molar-refractivity contribution in [3.8, 4) is 0 Å². The summed E-state index contributed by atoms with van der Waals surface area (Å²) < 4.78 is 0. The van der Waals surface area contributed by atoms with E-state index in [1.165, 1.54) is 0 Å². The lowest BCUT2D eigenvalue weighted by Gasteiger charge is -2.14. The molecule has 4 nitrogen and oxygen atoms in total. The summed E-state index contributed by atoms with van der Waals surface area (Å²) in [7, 11) is 0. The zero-order chi connectivity index (χ0) is 12.7. The van der Waals surface area contributed by atoms with E-state index < -0.39 is 0 Å². The SMILES string of the molecule is CCNc1ccncc1C(=O)NC(C)CSC. The van der Waals surface area contributed by atoms with Crippen molar-refractivity contribution >= 4 is 23.4 Å². The van der Waals surface area contributed by atoms with Gasteiger partial charge in [0.1, 0.15) is 0 Å². The number of hydrogen-bond donors (Lipinski definition) is 2. The van der Waals surface area contributed by atoms with Crippen LogP contribution in [0.1, 0.15) is 24.2 Å². The van der Waals surface area contributed by atoms with E-state index in [0.29, 0.717) is 5.56 Å². The first-order valence-corrected chi connectivity index (χ1v) is 7.06. The largest absolute Gasteiger partial charge is 0.385 e. The van der Waals surface area contributed by atoms with Crippen molar-refractivity contribution in [1.82, 2.24) is 10.3 Å². The fraction of sp³-hybridized carbons (Fsp3) is 0.500. The minimum absolute atomic E-state index is 0.0735. The molecule has 1 atom stereocenters. The molecule has 0 saturated heterocycles. The number of anilines is 1. The van der Waals surface area contributed by atoms with Gasteiger partial charge in [-0.05, 0) is 26.2 Å². The van der Waals surface area contributed by atoms with Gasteiger partial charge in [0.05, 0.1) is 11.3 Å². The number of aromatic nitrogens is 1. The quantitative estimate of drug-likeness (QED) is 0.814. The molecule has 0 aliphatic carbocycles. The molecule has 0 fully saturated rings.